The van der Waals surface area contributed by atoms with Crippen LogP contribution in [0.2, 0.25) is 5.15 Å². The third kappa shape index (κ3) is 3.62. The van der Waals surface area contributed by atoms with Gasteiger partial charge in [-0.2, -0.15) is 0 Å². The zero-order valence-corrected chi connectivity index (χ0v) is 18.9. The molecule has 0 saturated heterocycles. The van der Waals surface area contributed by atoms with Gasteiger partial charge in [0, 0.05) is 31.3 Å². The fourth-order valence-corrected chi connectivity index (χ4v) is 5.10. The Kier molecular flexibility index (Phi) is 5.25. The average Bonchev–Trinajstić information content (AvgIpc) is 3.39. The van der Waals surface area contributed by atoms with Crippen molar-refractivity contribution in [2.45, 2.75) is 26.1 Å². The monoisotopic (exact) mass is 456 g/mol. The van der Waals surface area contributed by atoms with Crippen LogP contribution >= 0.6 is 22.9 Å². The summed E-state index contributed by atoms with van der Waals surface area (Å²) in [6.45, 7) is 4.56. The van der Waals surface area contributed by atoms with E-state index in [0.717, 1.165) is 63.6 Å². The summed E-state index contributed by atoms with van der Waals surface area (Å²) in [7, 11) is 3.34. The maximum absolute atomic E-state index is 6.02. The largest absolute Gasteiger partial charge is 0.497 e. The van der Waals surface area contributed by atoms with Gasteiger partial charge in [-0.1, -0.05) is 17.7 Å². The molecule has 4 heterocycles. The van der Waals surface area contributed by atoms with E-state index in [-0.39, 0.29) is 6.04 Å². The molecule has 5 rings (SSSR count). The van der Waals surface area contributed by atoms with Crippen molar-refractivity contribution in [1.82, 2.24) is 29.6 Å². The highest BCUT2D eigenvalue weighted by Gasteiger charge is 2.30. The van der Waals surface area contributed by atoms with Crippen molar-refractivity contribution in [3.05, 3.63) is 47.0 Å². The quantitative estimate of drug-likeness (QED) is 0.416. The van der Waals surface area contributed by atoms with Gasteiger partial charge in [0.05, 0.1) is 31.2 Å². The Morgan fingerprint density at radius 1 is 1.16 bits per heavy atom. The summed E-state index contributed by atoms with van der Waals surface area (Å²) in [4.78, 5) is 11.2. The second-order valence-corrected chi connectivity index (χ2v) is 8.77. The van der Waals surface area contributed by atoms with Crippen molar-refractivity contribution in [3.8, 4) is 22.3 Å². The topological polar surface area (TPSA) is 78.2 Å². The van der Waals surface area contributed by atoms with E-state index < -0.39 is 0 Å². The molecule has 1 unspecified atom stereocenters. The van der Waals surface area contributed by atoms with E-state index in [1.807, 2.05) is 18.2 Å². The molecule has 0 bridgehead atoms. The van der Waals surface area contributed by atoms with Crippen LogP contribution in [0.15, 0.2) is 30.5 Å². The maximum Gasteiger partial charge on any atom is 0.193 e. The normalized spacial score (nSPS) is 16.5. The Morgan fingerprint density at radius 2 is 2.03 bits per heavy atom. The first kappa shape index (κ1) is 20.2. The predicted molar refractivity (Wildman–Crippen MR) is 120 cm³/mol. The summed E-state index contributed by atoms with van der Waals surface area (Å²) in [5.41, 5.74) is 1.93. The van der Waals surface area contributed by atoms with Crippen molar-refractivity contribution in [2.75, 3.05) is 20.8 Å². The zero-order valence-electron chi connectivity index (χ0n) is 17.4. The first-order chi connectivity index (χ1) is 15.1. The molecule has 8 nitrogen and oxygen atoms in total. The van der Waals surface area contributed by atoms with Crippen LogP contribution in [0.3, 0.4) is 0 Å². The van der Waals surface area contributed by atoms with E-state index in [2.05, 4.69) is 42.6 Å². The minimum atomic E-state index is 0.104. The van der Waals surface area contributed by atoms with Gasteiger partial charge in [0.15, 0.2) is 16.7 Å². The van der Waals surface area contributed by atoms with E-state index in [9.17, 15) is 0 Å². The molecule has 1 aliphatic heterocycles. The number of methoxy groups -OCH3 is 2. The van der Waals surface area contributed by atoms with Gasteiger partial charge in [-0.3, -0.25) is 4.90 Å². The smallest absolute Gasteiger partial charge is 0.193 e. The molecule has 1 aliphatic rings. The maximum atomic E-state index is 6.02. The Labute approximate surface area is 188 Å². The molecule has 31 heavy (non-hydrogen) atoms. The van der Waals surface area contributed by atoms with Crippen molar-refractivity contribution >= 4 is 33.2 Å². The minimum absolute atomic E-state index is 0.104. The highest BCUT2D eigenvalue weighted by Crippen LogP contribution is 2.35. The van der Waals surface area contributed by atoms with Crippen molar-refractivity contribution in [2.24, 2.45) is 0 Å². The minimum Gasteiger partial charge on any atom is -0.497 e. The molecule has 160 valence electrons. The lowest BCUT2D eigenvalue weighted by molar-refractivity contribution is 0.155. The summed E-state index contributed by atoms with van der Waals surface area (Å²) in [6, 6.07) is 7.86. The summed E-state index contributed by atoms with van der Waals surface area (Å²) in [6.07, 6.45) is 1.69. The van der Waals surface area contributed by atoms with Crippen molar-refractivity contribution in [3.63, 3.8) is 0 Å². The first-order valence-corrected chi connectivity index (χ1v) is 11.1. The number of benzene rings is 1. The number of nitrogens with zero attached hydrogens (tertiary/aromatic N) is 6. The number of fused-ring (bicyclic) bond motifs is 2. The van der Waals surface area contributed by atoms with Crippen LogP contribution in [0.4, 0.5) is 0 Å². The van der Waals surface area contributed by atoms with E-state index in [1.54, 1.807) is 31.8 Å². The molecular weight excluding hydrogens is 436 g/mol. The molecular formula is C21H21ClN6O2S. The van der Waals surface area contributed by atoms with Crippen molar-refractivity contribution in [1.29, 1.82) is 0 Å². The average molecular weight is 457 g/mol. The molecule has 0 saturated carbocycles. The highest BCUT2D eigenvalue weighted by molar-refractivity contribution is 7.21. The summed E-state index contributed by atoms with van der Waals surface area (Å²) < 4.78 is 14.0. The zero-order chi connectivity index (χ0) is 21.5. The third-order valence-electron chi connectivity index (χ3n) is 5.61. The molecule has 0 spiro atoms. The number of halogens is 1. The lowest BCUT2D eigenvalue weighted by Crippen LogP contribution is -2.36. The van der Waals surface area contributed by atoms with Crippen LogP contribution in [0.1, 0.15) is 24.4 Å². The van der Waals surface area contributed by atoms with Gasteiger partial charge in [0.2, 0.25) is 0 Å². The second-order valence-electron chi connectivity index (χ2n) is 7.35. The Balaban J connectivity index is 1.42. The number of pyridine rings is 1. The second kappa shape index (κ2) is 8.07. The SMILES string of the molecule is COc1ccc(CN2CCn3c(-c4nc5cnc(Cl)cc5s4)nnc3C2C)c(OC)c1. The van der Waals surface area contributed by atoms with Gasteiger partial charge in [0.25, 0.3) is 0 Å². The number of hydrogen-bond acceptors (Lipinski definition) is 8. The Bertz CT molecular complexity index is 1260. The number of hydrogen-bond donors (Lipinski definition) is 0. The van der Waals surface area contributed by atoms with E-state index in [1.165, 1.54) is 0 Å². The van der Waals surface area contributed by atoms with Crippen LogP contribution < -0.4 is 9.47 Å². The lowest BCUT2D eigenvalue weighted by Gasteiger charge is -2.33. The van der Waals surface area contributed by atoms with Crippen LogP contribution in [0.25, 0.3) is 21.0 Å². The van der Waals surface area contributed by atoms with Crippen LogP contribution in [-0.4, -0.2) is 50.4 Å². The molecule has 0 radical (unpaired) electrons. The number of ether oxygens (including phenoxy) is 2. The summed E-state index contributed by atoms with van der Waals surface area (Å²) in [5, 5.41) is 10.3. The Hall–Kier alpha value is -2.75. The molecule has 0 N–H and O–H groups in total. The van der Waals surface area contributed by atoms with Gasteiger partial charge in [-0.25, -0.2) is 9.97 Å². The third-order valence-corrected chi connectivity index (χ3v) is 6.83. The first-order valence-electron chi connectivity index (χ1n) is 9.88. The molecule has 0 aliphatic carbocycles. The lowest BCUT2D eigenvalue weighted by atomic mass is 10.1. The number of aromatic nitrogens is 5. The van der Waals surface area contributed by atoms with E-state index in [0.29, 0.717) is 5.15 Å². The standard InChI is InChI=1S/C21H21ClN6O2S/c1-12-19-25-26-20(21-24-15-10-23-18(22)9-17(15)31-21)28(19)7-6-27(12)11-13-4-5-14(29-2)8-16(13)30-3/h4-5,8-10,12H,6-7,11H2,1-3H3. The van der Waals surface area contributed by atoms with Crippen LogP contribution in [-0.2, 0) is 13.1 Å². The van der Waals surface area contributed by atoms with Gasteiger partial charge in [0.1, 0.15) is 22.2 Å². The fourth-order valence-electron chi connectivity index (χ4n) is 3.91. The van der Waals surface area contributed by atoms with E-state index >= 15 is 0 Å². The van der Waals surface area contributed by atoms with Crippen molar-refractivity contribution < 1.29 is 9.47 Å². The summed E-state index contributed by atoms with van der Waals surface area (Å²) in [5.74, 6) is 3.33. The van der Waals surface area contributed by atoms with E-state index in [4.69, 9.17) is 21.1 Å². The molecule has 4 aromatic rings. The van der Waals surface area contributed by atoms with Gasteiger partial charge < -0.3 is 14.0 Å². The Morgan fingerprint density at radius 3 is 2.84 bits per heavy atom. The highest BCUT2D eigenvalue weighted by atomic mass is 35.5. The molecule has 1 aromatic carbocycles. The van der Waals surface area contributed by atoms with Gasteiger partial charge in [-0.15, -0.1) is 21.5 Å². The molecule has 10 heteroatoms. The van der Waals surface area contributed by atoms with Crippen LogP contribution in [0, 0.1) is 0 Å². The van der Waals surface area contributed by atoms with Crippen LogP contribution in [0.5, 0.6) is 11.5 Å². The number of thiazole rings is 1. The predicted octanol–water partition coefficient (Wildman–Crippen LogP) is 4.20. The van der Waals surface area contributed by atoms with Gasteiger partial charge in [-0.05, 0) is 19.1 Å². The fraction of sp³-hybridized carbons (Fsp3) is 0.333. The van der Waals surface area contributed by atoms with Gasteiger partial charge >= 0.3 is 0 Å². The molecule has 0 amide bonds. The molecule has 3 aromatic heterocycles. The molecule has 0 fully saturated rings. The summed E-state index contributed by atoms with van der Waals surface area (Å²) >= 11 is 7.58. The molecule has 1 atom stereocenters. The number of rotatable bonds is 5.